The van der Waals surface area contributed by atoms with Crippen LogP contribution in [-0.4, -0.2) is 19.2 Å². The van der Waals surface area contributed by atoms with Crippen LogP contribution in [0, 0.1) is 17.1 Å². The van der Waals surface area contributed by atoms with E-state index in [4.69, 9.17) is 9.47 Å². The second kappa shape index (κ2) is 7.11. The normalized spacial score (nSPS) is 10.2. The number of benzene rings is 2. The molecule has 0 atom stereocenters. The van der Waals surface area contributed by atoms with Gasteiger partial charge in [0.2, 0.25) is 0 Å². The van der Waals surface area contributed by atoms with Crippen LogP contribution < -0.4 is 15.0 Å². The molecular formula is C20H15FN2O3. The molecule has 0 fully saturated rings. The quantitative estimate of drug-likeness (QED) is 0.778. The molecule has 1 heterocycles. The van der Waals surface area contributed by atoms with Crippen LogP contribution in [0.5, 0.6) is 11.5 Å². The molecule has 0 amide bonds. The van der Waals surface area contributed by atoms with Crippen molar-refractivity contribution in [2.75, 3.05) is 14.2 Å². The number of nitriles is 1. The van der Waals surface area contributed by atoms with Crippen molar-refractivity contribution >= 4 is 0 Å². The van der Waals surface area contributed by atoms with Crippen molar-refractivity contribution in [1.82, 2.24) is 4.98 Å². The maximum absolute atomic E-state index is 13.2. The molecule has 3 aromatic rings. The number of H-pyrrole nitrogens is 1. The number of aromatic amines is 1. The van der Waals surface area contributed by atoms with Crippen molar-refractivity contribution in [3.63, 3.8) is 0 Å². The Labute approximate surface area is 149 Å². The molecule has 130 valence electrons. The van der Waals surface area contributed by atoms with Gasteiger partial charge in [-0.1, -0.05) is 12.1 Å². The summed E-state index contributed by atoms with van der Waals surface area (Å²) in [6.07, 6.45) is 0. The molecule has 0 saturated carbocycles. The molecular weight excluding hydrogens is 335 g/mol. The van der Waals surface area contributed by atoms with Crippen molar-refractivity contribution in [2.24, 2.45) is 0 Å². The third-order valence-corrected chi connectivity index (χ3v) is 3.99. The van der Waals surface area contributed by atoms with E-state index in [1.807, 2.05) is 6.07 Å². The van der Waals surface area contributed by atoms with Gasteiger partial charge in [0.25, 0.3) is 5.56 Å². The molecule has 2 aromatic carbocycles. The number of nitrogens with zero attached hydrogens (tertiary/aromatic N) is 1. The first-order chi connectivity index (χ1) is 12.6. The SMILES string of the molecule is COc1cccc(-c2cc(-c3ccc(F)cc3)[nH]c(=O)c2C#N)c1OC. The fourth-order valence-corrected chi connectivity index (χ4v) is 2.77. The molecule has 0 unspecified atom stereocenters. The minimum Gasteiger partial charge on any atom is -0.493 e. The molecule has 6 heteroatoms. The van der Waals surface area contributed by atoms with E-state index in [-0.39, 0.29) is 11.4 Å². The minimum absolute atomic E-state index is 0.0394. The maximum Gasteiger partial charge on any atom is 0.266 e. The molecule has 1 N–H and O–H groups in total. The van der Waals surface area contributed by atoms with Crippen molar-refractivity contribution in [1.29, 1.82) is 5.26 Å². The predicted molar refractivity (Wildman–Crippen MR) is 95.7 cm³/mol. The lowest BCUT2D eigenvalue weighted by Crippen LogP contribution is -2.13. The minimum atomic E-state index is -0.533. The van der Waals surface area contributed by atoms with Gasteiger partial charge in [-0.25, -0.2) is 4.39 Å². The fraction of sp³-hybridized carbons (Fsp3) is 0.100. The Morgan fingerprint density at radius 2 is 1.77 bits per heavy atom. The zero-order valence-corrected chi connectivity index (χ0v) is 14.2. The highest BCUT2D eigenvalue weighted by Crippen LogP contribution is 2.39. The van der Waals surface area contributed by atoms with E-state index in [2.05, 4.69) is 4.98 Å². The van der Waals surface area contributed by atoms with Crippen molar-refractivity contribution in [3.8, 4) is 40.0 Å². The summed E-state index contributed by atoms with van der Waals surface area (Å²) in [4.78, 5) is 15.1. The van der Waals surface area contributed by atoms with Crippen LogP contribution in [-0.2, 0) is 0 Å². The van der Waals surface area contributed by atoms with Gasteiger partial charge in [-0.15, -0.1) is 0 Å². The lowest BCUT2D eigenvalue weighted by atomic mass is 9.98. The average Bonchev–Trinajstić information content (AvgIpc) is 2.67. The van der Waals surface area contributed by atoms with Gasteiger partial charge in [0.05, 0.1) is 14.2 Å². The Kier molecular flexibility index (Phi) is 4.72. The predicted octanol–water partition coefficient (Wildman–Crippen LogP) is 3.74. The Morgan fingerprint density at radius 3 is 2.38 bits per heavy atom. The van der Waals surface area contributed by atoms with Crippen LogP contribution in [0.3, 0.4) is 0 Å². The number of ether oxygens (including phenoxy) is 2. The van der Waals surface area contributed by atoms with Gasteiger partial charge in [-0.05, 0) is 42.0 Å². The first-order valence-corrected chi connectivity index (χ1v) is 7.73. The Hall–Kier alpha value is -3.59. The Balaban J connectivity index is 2.29. The van der Waals surface area contributed by atoms with E-state index in [1.54, 1.807) is 36.4 Å². The van der Waals surface area contributed by atoms with Gasteiger partial charge in [-0.3, -0.25) is 4.79 Å². The highest BCUT2D eigenvalue weighted by molar-refractivity contribution is 5.80. The second-order valence-corrected chi connectivity index (χ2v) is 5.46. The van der Waals surface area contributed by atoms with Crippen LogP contribution in [0.1, 0.15) is 5.56 Å². The number of rotatable bonds is 4. The summed E-state index contributed by atoms with van der Waals surface area (Å²) in [6.45, 7) is 0. The molecule has 0 bridgehead atoms. The van der Waals surface area contributed by atoms with E-state index >= 15 is 0 Å². The number of para-hydroxylation sites is 1. The lowest BCUT2D eigenvalue weighted by Gasteiger charge is -2.14. The van der Waals surface area contributed by atoms with Crippen LogP contribution >= 0.6 is 0 Å². The molecule has 26 heavy (non-hydrogen) atoms. The molecule has 0 spiro atoms. The number of aromatic nitrogens is 1. The van der Waals surface area contributed by atoms with Gasteiger partial charge in [0.1, 0.15) is 17.4 Å². The van der Waals surface area contributed by atoms with Crippen molar-refractivity contribution < 1.29 is 13.9 Å². The molecule has 0 aliphatic carbocycles. The van der Waals surface area contributed by atoms with E-state index in [0.29, 0.717) is 33.9 Å². The van der Waals surface area contributed by atoms with E-state index in [9.17, 15) is 14.4 Å². The fourth-order valence-electron chi connectivity index (χ4n) is 2.77. The summed E-state index contributed by atoms with van der Waals surface area (Å²) in [5, 5.41) is 9.46. The number of halogens is 1. The summed E-state index contributed by atoms with van der Waals surface area (Å²) in [7, 11) is 3.00. The van der Waals surface area contributed by atoms with E-state index in [0.717, 1.165) is 0 Å². The largest absolute Gasteiger partial charge is 0.493 e. The van der Waals surface area contributed by atoms with Crippen LogP contribution in [0.4, 0.5) is 4.39 Å². The van der Waals surface area contributed by atoms with Gasteiger partial charge >= 0.3 is 0 Å². The standard InChI is InChI=1S/C20H15FN2O3/c1-25-18-5-3-4-14(19(18)26-2)15-10-17(23-20(24)16(15)11-22)12-6-8-13(21)9-7-12/h3-10H,1-2H3,(H,23,24). The molecule has 0 radical (unpaired) electrons. The number of hydrogen-bond donors (Lipinski definition) is 1. The molecule has 3 rings (SSSR count). The summed E-state index contributed by atoms with van der Waals surface area (Å²) in [6, 6.07) is 14.5. The molecule has 5 nitrogen and oxygen atoms in total. The maximum atomic E-state index is 13.2. The summed E-state index contributed by atoms with van der Waals surface area (Å²) in [5.74, 6) is 0.527. The van der Waals surface area contributed by atoms with E-state index in [1.165, 1.54) is 26.4 Å². The monoisotopic (exact) mass is 350 g/mol. The zero-order chi connectivity index (χ0) is 18.7. The van der Waals surface area contributed by atoms with Crippen molar-refractivity contribution in [3.05, 3.63) is 70.3 Å². The van der Waals surface area contributed by atoms with Crippen LogP contribution in [0.25, 0.3) is 22.4 Å². The zero-order valence-electron chi connectivity index (χ0n) is 14.2. The average molecular weight is 350 g/mol. The topological polar surface area (TPSA) is 75.1 Å². The Bertz CT molecular complexity index is 1050. The first kappa shape index (κ1) is 17.2. The van der Waals surface area contributed by atoms with Crippen LogP contribution in [0.15, 0.2) is 53.3 Å². The number of hydrogen-bond acceptors (Lipinski definition) is 4. The van der Waals surface area contributed by atoms with Crippen LogP contribution in [0.2, 0.25) is 0 Å². The summed E-state index contributed by atoms with van der Waals surface area (Å²) < 4.78 is 23.9. The van der Waals surface area contributed by atoms with Gasteiger partial charge in [-0.2, -0.15) is 5.26 Å². The first-order valence-electron chi connectivity index (χ1n) is 7.73. The lowest BCUT2D eigenvalue weighted by molar-refractivity contribution is 0.356. The highest BCUT2D eigenvalue weighted by Gasteiger charge is 2.18. The summed E-state index contributed by atoms with van der Waals surface area (Å²) in [5.41, 5.74) is 1.48. The highest BCUT2D eigenvalue weighted by atomic mass is 19.1. The van der Waals surface area contributed by atoms with E-state index < -0.39 is 5.56 Å². The molecule has 0 aliphatic heterocycles. The van der Waals surface area contributed by atoms with Crippen molar-refractivity contribution in [2.45, 2.75) is 0 Å². The number of pyridine rings is 1. The molecule has 1 aromatic heterocycles. The number of nitrogens with one attached hydrogen (secondary N) is 1. The number of methoxy groups -OCH3 is 2. The summed E-state index contributed by atoms with van der Waals surface area (Å²) >= 11 is 0. The smallest absolute Gasteiger partial charge is 0.266 e. The Morgan fingerprint density at radius 1 is 1.04 bits per heavy atom. The van der Waals surface area contributed by atoms with Gasteiger partial charge < -0.3 is 14.5 Å². The molecule has 0 saturated heterocycles. The third-order valence-electron chi connectivity index (χ3n) is 3.99. The molecule has 0 aliphatic rings. The third kappa shape index (κ3) is 3.03. The second-order valence-electron chi connectivity index (χ2n) is 5.46. The van der Waals surface area contributed by atoms with Gasteiger partial charge in [0.15, 0.2) is 11.5 Å². The van der Waals surface area contributed by atoms with Gasteiger partial charge in [0, 0.05) is 16.8 Å².